The van der Waals surface area contributed by atoms with Crippen LogP contribution in [0.3, 0.4) is 0 Å². The van der Waals surface area contributed by atoms with Crippen LogP contribution in [0.15, 0.2) is 0 Å². The molecule has 0 fully saturated rings. The van der Waals surface area contributed by atoms with Crippen LogP contribution in [-0.4, -0.2) is 86.4 Å². The van der Waals surface area contributed by atoms with Gasteiger partial charge >= 0.3 is 23.9 Å². The molecule has 11 nitrogen and oxygen atoms in total. The van der Waals surface area contributed by atoms with Crippen molar-refractivity contribution in [1.82, 2.24) is 4.90 Å². The zero-order valence-electron chi connectivity index (χ0n) is 17.8. The average Bonchev–Trinajstić information content (AvgIpc) is 2.59. The fraction of sp³-hybridized carbons (Fsp3) is 0.722. The summed E-state index contributed by atoms with van der Waals surface area (Å²) in [7, 11) is 2.73. The molecule has 0 aliphatic carbocycles. The molecule has 4 unspecified atom stereocenters. The molecule has 4 atom stereocenters. The minimum absolute atomic E-state index is 0.276. The first-order chi connectivity index (χ1) is 13.4. The molecule has 29 heavy (non-hydrogen) atoms. The van der Waals surface area contributed by atoms with Gasteiger partial charge in [0.25, 0.3) is 0 Å². The van der Waals surface area contributed by atoms with Crippen molar-refractivity contribution in [3.63, 3.8) is 0 Å². The van der Waals surface area contributed by atoms with E-state index in [1.807, 2.05) is 0 Å². The minimum atomic E-state index is -1.27. The van der Waals surface area contributed by atoms with Gasteiger partial charge in [-0.1, -0.05) is 0 Å². The molecule has 0 saturated carbocycles. The first-order valence-corrected chi connectivity index (χ1v) is 8.78. The molecule has 0 aromatic rings. The van der Waals surface area contributed by atoms with Gasteiger partial charge in [-0.05, 0) is 0 Å². The van der Waals surface area contributed by atoms with Crippen molar-refractivity contribution in [1.29, 1.82) is 0 Å². The lowest BCUT2D eigenvalue weighted by Crippen LogP contribution is -2.57. The van der Waals surface area contributed by atoms with Crippen LogP contribution in [0.5, 0.6) is 0 Å². The highest BCUT2D eigenvalue weighted by Crippen LogP contribution is 2.20. The van der Waals surface area contributed by atoms with Gasteiger partial charge in [-0.25, -0.2) is 0 Å². The van der Waals surface area contributed by atoms with Crippen molar-refractivity contribution in [3.8, 4) is 0 Å². The zero-order valence-corrected chi connectivity index (χ0v) is 17.8. The minimum Gasteiger partial charge on any atom is -0.464 e. The van der Waals surface area contributed by atoms with Crippen LogP contribution in [-0.2, 0) is 47.7 Å². The molecule has 0 radical (unpaired) electrons. The summed E-state index contributed by atoms with van der Waals surface area (Å²) in [5.41, 5.74) is 0. The number of carbonyl (C=O) groups excluding carboxylic acids is 5. The topological polar surface area (TPSA) is 135 Å². The Morgan fingerprint density at radius 2 is 1.21 bits per heavy atom. The lowest BCUT2D eigenvalue weighted by molar-refractivity contribution is -0.191. The Bertz CT molecular complexity index is 605. The number of likely N-dealkylation sites (N-methyl/N-ethyl adjacent to an activating group) is 1. The molecule has 0 aromatic carbocycles. The van der Waals surface area contributed by atoms with Gasteiger partial charge in [0.1, 0.15) is 19.3 Å². The molecular formula is C18H29NO10. The largest absolute Gasteiger partial charge is 0.464 e. The molecule has 0 aromatic heterocycles. The average molecular weight is 419 g/mol. The SMILES string of the molecule is COC(C(OC(C)=O)C(COC(C)=O)OC(C)=O)C(COC(C)=O)N(C)C(C)=O. The van der Waals surface area contributed by atoms with Gasteiger partial charge in [0.2, 0.25) is 5.91 Å². The normalized spacial score (nSPS) is 14.6. The van der Waals surface area contributed by atoms with Crippen molar-refractivity contribution in [3.05, 3.63) is 0 Å². The van der Waals surface area contributed by atoms with E-state index in [1.54, 1.807) is 0 Å². The van der Waals surface area contributed by atoms with E-state index < -0.39 is 54.8 Å². The standard InChI is InChI=1S/C18H29NO10/c1-10(20)19(6)15(8-26-11(2)21)17(25-7)18(29-14(5)24)16(28-13(4)23)9-27-12(3)22/h15-18H,8-9H2,1-7H3. The Morgan fingerprint density at radius 1 is 0.724 bits per heavy atom. The Kier molecular flexibility index (Phi) is 11.5. The molecule has 0 rings (SSSR count). The predicted molar refractivity (Wildman–Crippen MR) is 97.4 cm³/mol. The fourth-order valence-electron chi connectivity index (χ4n) is 2.53. The number of ether oxygens (including phenoxy) is 5. The second-order valence-electron chi connectivity index (χ2n) is 6.22. The third kappa shape index (κ3) is 9.88. The maximum absolute atomic E-state index is 11.9. The molecule has 0 heterocycles. The molecule has 0 aliphatic rings. The maximum atomic E-state index is 11.9. The second kappa shape index (κ2) is 12.7. The van der Waals surface area contributed by atoms with Crippen LogP contribution >= 0.6 is 0 Å². The van der Waals surface area contributed by atoms with E-state index in [-0.39, 0.29) is 12.5 Å². The van der Waals surface area contributed by atoms with Gasteiger partial charge in [-0.3, -0.25) is 24.0 Å². The summed E-state index contributed by atoms with van der Waals surface area (Å²) < 4.78 is 25.9. The molecule has 0 saturated heterocycles. The van der Waals surface area contributed by atoms with Gasteiger partial charge in [0.05, 0.1) is 6.04 Å². The highest BCUT2D eigenvalue weighted by Gasteiger charge is 2.42. The first kappa shape index (κ1) is 26.3. The molecular weight excluding hydrogens is 390 g/mol. The van der Waals surface area contributed by atoms with Gasteiger partial charge in [-0.2, -0.15) is 0 Å². The molecule has 11 heteroatoms. The van der Waals surface area contributed by atoms with Crippen LogP contribution in [0, 0.1) is 0 Å². The number of nitrogens with zero attached hydrogens (tertiary/aromatic N) is 1. The highest BCUT2D eigenvalue weighted by molar-refractivity contribution is 5.73. The third-order valence-corrected chi connectivity index (χ3v) is 3.86. The summed E-state index contributed by atoms with van der Waals surface area (Å²) in [4.78, 5) is 58.9. The number of hydrogen-bond acceptors (Lipinski definition) is 10. The Balaban J connectivity index is 6.06. The van der Waals surface area contributed by atoms with Gasteiger partial charge in [-0.15, -0.1) is 0 Å². The highest BCUT2D eigenvalue weighted by atomic mass is 16.6. The summed E-state index contributed by atoms with van der Waals surface area (Å²) in [5.74, 6) is -3.06. The number of hydrogen-bond donors (Lipinski definition) is 0. The Hall–Kier alpha value is -2.69. The van der Waals surface area contributed by atoms with E-state index >= 15 is 0 Å². The van der Waals surface area contributed by atoms with E-state index in [9.17, 15) is 24.0 Å². The molecule has 0 bridgehead atoms. The Morgan fingerprint density at radius 3 is 1.59 bits per heavy atom. The van der Waals surface area contributed by atoms with Crippen LogP contribution in [0.1, 0.15) is 34.6 Å². The van der Waals surface area contributed by atoms with Crippen molar-refractivity contribution >= 4 is 29.8 Å². The lowest BCUT2D eigenvalue weighted by atomic mass is 9.99. The number of esters is 4. The van der Waals surface area contributed by atoms with E-state index in [1.165, 1.54) is 32.9 Å². The van der Waals surface area contributed by atoms with E-state index in [0.29, 0.717) is 0 Å². The zero-order chi connectivity index (χ0) is 22.7. The predicted octanol–water partition coefficient (Wildman–Crippen LogP) is -0.162. The van der Waals surface area contributed by atoms with Crippen molar-refractivity contribution in [2.45, 2.75) is 59.0 Å². The summed E-state index contributed by atoms with van der Waals surface area (Å²) in [5, 5.41) is 0. The van der Waals surface area contributed by atoms with Crippen molar-refractivity contribution < 1.29 is 47.7 Å². The van der Waals surface area contributed by atoms with Gasteiger partial charge in [0, 0.05) is 48.8 Å². The number of amides is 1. The van der Waals surface area contributed by atoms with Crippen molar-refractivity contribution in [2.24, 2.45) is 0 Å². The molecule has 1 amide bonds. The number of methoxy groups -OCH3 is 1. The van der Waals surface area contributed by atoms with Crippen LogP contribution in [0.25, 0.3) is 0 Å². The number of rotatable bonds is 11. The molecule has 0 spiro atoms. The maximum Gasteiger partial charge on any atom is 0.303 e. The van der Waals surface area contributed by atoms with E-state index in [4.69, 9.17) is 23.7 Å². The summed E-state index contributed by atoms with van der Waals surface area (Å²) in [6.07, 6.45) is -3.60. The van der Waals surface area contributed by atoms with Crippen molar-refractivity contribution in [2.75, 3.05) is 27.4 Å². The monoisotopic (exact) mass is 419 g/mol. The second-order valence-corrected chi connectivity index (χ2v) is 6.22. The third-order valence-electron chi connectivity index (χ3n) is 3.86. The van der Waals surface area contributed by atoms with Crippen LogP contribution in [0.4, 0.5) is 0 Å². The lowest BCUT2D eigenvalue weighted by Gasteiger charge is -2.38. The summed E-state index contributed by atoms with van der Waals surface area (Å²) in [6.45, 7) is 5.21. The van der Waals surface area contributed by atoms with Gasteiger partial charge < -0.3 is 28.6 Å². The molecule has 166 valence electrons. The van der Waals surface area contributed by atoms with Crippen LogP contribution in [0.2, 0.25) is 0 Å². The molecule has 0 N–H and O–H groups in total. The van der Waals surface area contributed by atoms with E-state index in [0.717, 1.165) is 20.8 Å². The van der Waals surface area contributed by atoms with Crippen LogP contribution < -0.4 is 0 Å². The smallest absolute Gasteiger partial charge is 0.303 e. The van der Waals surface area contributed by atoms with Gasteiger partial charge in [0.15, 0.2) is 12.2 Å². The summed E-state index contributed by atoms with van der Waals surface area (Å²) >= 11 is 0. The Labute approximate surface area is 169 Å². The van der Waals surface area contributed by atoms with E-state index in [2.05, 4.69) is 0 Å². The fourth-order valence-corrected chi connectivity index (χ4v) is 2.53. The summed E-state index contributed by atoms with van der Waals surface area (Å²) in [6, 6.07) is -0.902. The quantitative estimate of drug-likeness (QED) is 0.328. The molecule has 0 aliphatic heterocycles. The number of carbonyl (C=O) groups is 5. The first-order valence-electron chi connectivity index (χ1n) is 8.78.